The van der Waals surface area contributed by atoms with Gasteiger partial charge in [0.2, 0.25) is 0 Å². The standard InChI is InChI=1S/C13H16F2N2O2/c1-16-7-10-8-17(4-5-19-10)13(18)11-3-2-9(14)6-12(11)15/h2-3,6,10,16H,4-5,7-8H2,1H3. The van der Waals surface area contributed by atoms with Gasteiger partial charge in [0.15, 0.2) is 0 Å². The smallest absolute Gasteiger partial charge is 0.257 e. The topological polar surface area (TPSA) is 41.6 Å². The molecule has 104 valence electrons. The SMILES string of the molecule is CNCC1CN(C(=O)c2ccc(F)cc2F)CCO1. The van der Waals surface area contributed by atoms with Crippen LogP contribution in [0.4, 0.5) is 8.78 Å². The van der Waals surface area contributed by atoms with Crippen molar-refractivity contribution >= 4 is 5.91 Å². The molecule has 1 unspecified atom stereocenters. The van der Waals surface area contributed by atoms with Crippen molar-refractivity contribution in [1.29, 1.82) is 0 Å². The number of carbonyl (C=O) groups is 1. The number of hydrogen-bond acceptors (Lipinski definition) is 3. The van der Waals surface area contributed by atoms with E-state index in [1.54, 1.807) is 7.05 Å². The highest BCUT2D eigenvalue weighted by Gasteiger charge is 2.26. The number of halogens is 2. The summed E-state index contributed by atoms with van der Waals surface area (Å²) in [5, 5.41) is 2.97. The van der Waals surface area contributed by atoms with Gasteiger partial charge in [0.05, 0.1) is 18.3 Å². The van der Waals surface area contributed by atoms with E-state index in [1.165, 1.54) is 11.0 Å². The van der Waals surface area contributed by atoms with Crippen LogP contribution in [0.5, 0.6) is 0 Å². The zero-order valence-corrected chi connectivity index (χ0v) is 10.7. The maximum absolute atomic E-state index is 13.6. The summed E-state index contributed by atoms with van der Waals surface area (Å²) in [6, 6.07) is 2.98. The van der Waals surface area contributed by atoms with Crippen LogP contribution in [0.15, 0.2) is 18.2 Å². The number of morpholine rings is 1. The van der Waals surface area contributed by atoms with E-state index in [2.05, 4.69) is 5.32 Å². The molecular weight excluding hydrogens is 254 g/mol. The van der Waals surface area contributed by atoms with E-state index in [1.807, 2.05) is 0 Å². The van der Waals surface area contributed by atoms with Gasteiger partial charge in [0, 0.05) is 25.7 Å². The minimum absolute atomic E-state index is 0.105. The molecule has 1 fully saturated rings. The first-order chi connectivity index (χ1) is 9.11. The van der Waals surface area contributed by atoms with Gasteiger partial charge in [0.1, 0.15) is 11.6 Å². The van der Waals surface area contributed by atoms with E-state index in [0.717, 1.165) is 12.1 Å². The Morgan fingerprint density at radius 2 is 2.32 bits per heavy atom. The van der Waals surface area contributed by atoms with E-state index in [9.17, 15) is 13.6 Å². The molecular formula is C13H16F2N2O2. The van der Waals surface area contributed by atoms with E-state index in [4.69, 9.17) is 4.74 Å². The van der Waals surface area contributed by atoms with E-state index < -0.39 is 17.5 Å². The van der Waals surface area contributed by atoms with Crippen LogP contribution in [-0.2, 0) is 4.74 Å². The number of nitrogens with one attached hydrogen (secondary N) is 1. The number of hydrogen-bond donors (Lipinski definition) is 1. The Kier molecular flexibility index (Phi) is 4.44. The second-order valence-electron chi connectivity index (χ2n) is 4.43. The van der Waals surface area contributed by atoms with Crippen molar-refractivity contribution < 1.29 is 18.3 Å². The Morgan fingerprint density at radius 3 is 3.00 bits per heavy atom. The molecule has 1 atom stereocenters. The highest BCUT2D eigenvalue weighted by Crippen LogP contribution is 2.14. The highest BCUT2D eigenvalue weighted by atomic mass is 19.1. The first-order valence-electron chi connectivity index (χ1n) is 6.12. The summed E-state index contributed by atoms with van der Waals surface area (Å²) in [5.74, 6) is -1.95. The Hall–Kier alpha value is -1.53. The molecule has 0 saturated carbocycles. The summed E-state index contributed by atoms with van der Waals surface area (Å²) in [5.41, 5.74) is -0.105. The molecule has 1 aliphatic heterocycles. The molecule has 1 saturated heterocycles. The zero-order valence-electron chi connectivity index (χ0n) is 10.7. The summed E-state index contributed by atoms with van der Waals surface area (Å²) < 4.78 is 31.9. The lowest BCUT2D eigenvalue weighted by Gasteiger charge is -2.33. The summed E-state index contributed by atoms with van der Waals surface area (Å²) in [6.07, 6.45) is -0.105. The number of nitrogens with zero attached hydrogens (tertiary/aromatic N) is 1. The van der Waals surface area contributed by atoms with Gasteiger partial charge < -0.3 is 15.0 Å². The molecule has 0 spiro atoms. The molecule has 0 bridgehead atoms. The largest absolute Gasteiger partial charge is 0.373 e. The molecule has 1 aliphatic rings. The third-order valence-corrected chi connectivity index (χ3v) is 3.02. The summed E-state index contributed by atoms with van der Waals surface area (Å²) in [6.45, 7) is 1.85. The van der Waals surface area contributed by atoms with Crippen molar-refractivity contribution in [3.05, 3.63) is 35.4 Å². The first-order valence-corrected chi connectivity index (χ1v) is 6.12. The zero-order chi connectivity index (χ0) is 13.8. The molecule has 1 amide bonds. The Bertz CT molecular complexity index is 466. The van der Waals surface area contributed by atoms with Gasteiger partial charge in [-0.2, -0.15) is 0 Å². The van der Waals surface area contributed by atoms with Gasteiger partial charge in [0.25, 0.3) is 5.91 Å². The lowest BCUT2D eigenvalue weighted by molar-refractivity contribution is -0.0197. The van der Waals surface area contributed by atoms with Crippen LogP contribution in [0, 0.1) is 11.6 Å². The predicted molar refractivity (Wildman–Crippen MR) is 65.9 cm³/mol. The minimum atomic E-state index is -0.832. The van der Waals surface area contributed by atoms with Crippen molar-refractivity contribution in [2.45, 2.75) is 6.10 Å². The monoisotopic (exact) mass is 270 g/mol. The van der Waals surface area contributed by atoms with Crippen LogP contribution in [0.3, 0.4) is 0 Å². The number of likely N-dealkylation sites (N-methyl/N-ethyl adjacent to an activating group) is 1. The van der Waals surface area contributed by atoms with Gasteiger partial charge in [-0.15, -0.1) is 0 Å². The second kappa shape index (κ2) is 6.08. The van der Waals surface area contributed by atoms with Crippen LogP contribution in [0.1, 0.15) is 10.4 Å². The molecule has 1 aromatic rings. The summed E-state index contributed by atoms with van der Waals surface area (Å²) in [4.78, 5) is 13.7. The van der Waals surface area contributed by atoms with Crippen LogP contribution < -0.4 is 5.32 Å². The van der Waals surface area contributed by atoms with Crippen molar-refractivity contribution in [2.75, 3.05) is 33.3 Å². The average molecular weight is 270 g/mol. The summed E-state index contributed by atoms with van der Waals surface area (Å²) in [7, 11) is 1.80. The highest BCUT2D eigenvalue weighted by molar-refractivity contribution is 5.94. The first kappa shape index (κ1) is 13.9. The lowest BCUT2D eigenvalue weighted by atomic mass is 10.1. The average Bonchev–Trinajstić information content (AvgIpc) is 2.39. The number of carbonyl (C=O) groups excluding carboxylic acids is 1. The molecule has 1 heterocycles. The van der Waals surface area contributed by atoms with Gasteiger partial charge in [-0.05, 0) is 19.2 Å². The van der Waals surface area contributed by atoms with Crippen molar-refractivity contribution in [3.8, 4) is 0 Å². The maximum atomic E-state index is 13.6. The molecule has 19 heavy (non-hydrogen) atoms. The molecule has 4 nitrogen and oxygen atoms in total. The third kappa shape index (κ3) is 3.27. The van der Waals surface area contributed by atoms with Crippen LogP contribution in [-0.4, -0.2) is 50.2 Å². The van der Waals surface area contributed by atoms with E-state index in [-0.39, 0.29) is 11.7 Å². The molecule has 0 aromatic heterocycles. The number of ether oxygens (including phenoxy) is 1. The molecule has 1 N–H and O–H groups in total. The molecule has 0 radical (unpaired) electrons. The fourth-order valence-corrected chi connectivity index (χ4v) is 2.09. The van der Waals surface area contributed by atoms with Crippen LogP contribution in [0.25, 0.3) is 0 Å². The molecule has 1 aromatic carbocycles. The Morgan fingerprint density at radius 1 is 1.53 bits per heavy atom. The number of rotatable bonds is 3. The normalized spacial score (nSPS) is 19.5. The van der Waals surface area contributed by atoms with Gasteiger partial charge in [-0.1, -0.05) is 0 Å². The van der Waals surface area contributed by atoms with Crippen molar-refractivity contribution in [1.82, 2.24) is 10.2 Å². The van der Waals surface area contributed by atoms with E-state index >= 15 is 0 Å². The van der Waals surface area contributed by atoms with Gasteiger partial charge >= 0.3 is 0 Å². The fourth-order valence-electron chi connectivity index (χ4n) is 2.09. The van der Waals surface area contributed by atoms with Gasteiger partial charge in [-0.25, -0.2) is 8.78 Å². The molecule has 6 heteroatoms. The van der Waals surface area contributed by atoms with Crippen molar-refractivity contribution in [2.24, 2.45) is 0 Å². The van der Waals surface area contributed by atoms with Gasteiger partial charge in [-0.3, -0.25) is 4.79 Å². The Labute approximate surface area is 110 Å². The third-order valence-electron chi connectivity index (χ3n) is 3.02. The fraction of sp³-hybridized carbons (Fsp3) is 0.462. The maximum Gasteiger partial charge on any atom is 0.257 e. The second-order valence-corrected chi connectivity index (χ2v) is 4.43. The van der Waals surface area contributed by atoms with Crippen molar-refractivity contribution in [3.63, 3.8) is 0 Å². The lowest BCUT2D eigenvalue weighted by Crippen LogP contribution is -2.48. The van der Waals surface area contributed by atoms with E-state index in [0.29, 0.717) is 26.2 Å². The predicted octanol–water partition coefficient (Wildman–Crippen LogP) is 1.03. The number of benzene rings is 1. The Balaban J connectivity index is 2.10. The minimum Gasteiger partial charge on any atom is -0.373 e. The number of amides is 1. The molecule has 0 aliphatic carbocycles. The van der Waals surface area contributed by atoms with Crippen LogP contribution >= 0.6 is 0 Å². The quantitative estimate of drug-likeness (QED) is 0.892. The molecule has 2 rings (SSSR count). The summed E-state index contributed by atoms with van der Waals surface area (Å²) >= 11 is 0. The van der Waals surface area contributed by atoms with Crippen LogP contribution in [0.2, 0.25) is 0 Å².